The first-order valence-electron chi connectivity index (χ1n) is 6.83. The Hall–Kier alpha value is -1.89. The lowest BCUT2D eigenvalue weighted by Crippen LogP contribution is -2.35. The van der Waals surface area contributed by atoms with E-state index in [0.717, 1.165) is 26.7 Å². The van der Waals surface area contributed by atoms with Crippen molar-refractivity contribution in [3.05, 3.63) is 54.1 Å². The molecule has 0 aliphatic rings. The average molecular weight is 320 g/mol. The molecule has 2 aromatic carbocycles. The molecule has 0 fully saturated rings. The maximum Gasteiger partial charge on any atom is 0.277 e. The van der Waals surface area contributed by atoms with Gasteiger partial charge in [0.15, 0.2) is 0 Å². The summed E-state index contributed by atoms with van der Waals surface area (Å²) in [5.41, 5.74) is 2.87. The van der Waals surface area contributed by atoms with E-state index in [9.17, 15) is 8.42 Å². The van der Waals surface area contributed by atoms with Gasteiger partial charge in [0.2, 0.25) is 0 Å². The maximum atomic E-state index is 11.4. The summed E-state index contributed by atoms with van der Waals surface area (Å²) in [6.45, 7) is 1.79. The molecule has 0 heterocycles. The summed E-state index contributed by atoms with van der Waals surface area (Å²) in [6, 6.07) is 15.1. The zero-order valence-corrected chi connectivity index (χ0v) is 13.7. The number of nitrogens with zero attached hydrogens (tertiary/aromatic N) is 1. The quantitative estimate of drug-likeness (QED) is 0.920. The highest BCUT2D eigenvalue weighted by Gasteiger charge is 2.20. The average Bonchev–Trinajstić information content (AvgIpc) is 2.52. The molecule has 0 amide bonds. The van der Waals surface area contributed by atoms with Crippen LogP contribution in [0.4, 0.5) is 0 Å². The zero-order valence-electron chi connectivity index (χ0n) is 12.9. The summed E-state index contributed by atoms with van der Waals surface area (Å²) < 4.78 is 29.3. The summed E-state index contributed by atoms with van der Waals surface area (Å²) >= 11 is 0. The van der Waals surface area contributed by atoms with Crippen LogP contribution in [-0.2, 0) is 10.2 Å². The number of methoxy groups -OCH3 is 1. The van der Waals surface area contributed by atoms with Crippen molar-refractivity contribution in [2.75, 3.05) is 14.2 Å². The molecule has 0 saturated carbocycles. The van der Waals surface area contributed by atoms with Crippen LogP contribution in [0.25, 0.3) is 11.1 Å². The molecule has 2 rings (SSSR count). The Morgan fingerprint density at radius 1 is 1.09 bits per heavy atom. The predicted octanol–water partition coefficient (Wildman–Crippen LogP) is 2.56. The van der Waals surface area contributed by atoms with Crippen molar-refractivity contribution in [1.29, 1.82) is 0 Å². The second-order valence-electron chi connectivity index (χ2n) is 5.06. The first kappa shape index (κ1) is 16.5. The lowest BCUT2D eigenvalue weighted by molar-refractivity contribution is 0.399. The first-order chi connectivity index (χ1) is 10.3. The van der Waals surface area contributed by atoms with E-state index >= 15 is 0 Å². The Bertz CT molecular complexity index is 742. The van der Waals surface area contributed by atoms with Crippen LogP contribution in [0.2, 0.25) is 0 Å². The van der Waals surface area contributed by atoms with Crippen LogP contribution in [0.1, 0.15) is 18.5 Å². The van der Waals surface area contributed by atoms with Gasteiger partial charge >= 0.3 is 0 Å². The van der Waals surface area contributed by atoms with Crippen LogP contribution < -0.4 is 9.88 Å². The smallest absolute Gasteiger partial charge is 0.277 e. The third-order valence-corrected chi connectivity index (χ3v) is 4.88. The monoisotopic (exact) mass is 320 g/mol. The molecule has 0 bridgehead atoms. The Kier molecular flexibility index (Phi) is 4.85. The van der Waals surface area contributed by atoms with E-state index in [-0.39, 0.29) is 6.04 Å². The van der Waals surface area contributed by atoms with Gasteiger partial charge < -0.3 is 4.74 Å². The number of hydrogen-bond donors (Lipinski definition) is 1. The van der Waals surface area contributed by atoms with Crippen molar-refractivity contribution in [2.45, 2.75) is 13.0 Å². The van der Waals surface area contributed by atoms with Crippen LogP contribution >= 0.6 is 0 Å². The van der Waals surface area contributed by atoms with Crippen molar-refractivity contribution < 1.29 is 13.2 Å². The summed E-state index contributed by atoms with van der Waals surface area (Å²) in [5, 5.41) is 5.16. The highest BCUT2D eigenvalue weighted by molar-refractivity contribution is 7.86. The summed E-state index contributed by atoms with van der Waals surface area (Å²) in [7, 11) is -0.608. The molecule has 0 spiro atoms. The number of nitrogens with two attached hydrogens (primary N) is 1. The molecule has 0 aliphatic carbocycles. The van der Waals surface area contributed by atoms with Gasteiger partial charge in [-0.05, 0) is 24.1 Å². The minimum absolute atomic E-state index is 0.332. The third-order valence-electron chi connectivity index (χ3n) is 3.76. The summed E-state index contributed by atoms with van der Waals surface area (Å²) in [6.07, 6.45) is 0. The van der Waals surface area contributed by atoms with E-state index in [1.165, 1.54) is 7.05 Å². The second kappa shape index (κ2) is 6.48. The molecule has 5 nitrogen and oxygen atoms in total. The van der Waals surface area contributed by atoms with E-state index in [1.807, 2.05) is 48.5 Å². The fourth-order valence-electron chi connectivity index (χ4n) is 2.25. The Morgan fingerprint density at radius 3 is 2.23 bits per heavy atom. The molecule has 6 heteroatoms. The molecule has 1 unspecified atom stereocenters. The number of para-hydroxylation sites is 1. The minimum atomic E-state index is -3.71. The van der Waals surface area contributed by atoms with Gasteiger partial charge in [-0.2, -0.15) is 12.7 Å². The van der Waals surface area contributed by atoms with Crippen molar-refractivity contribution in [2.24, 2.45) is 5.14 Å². The van der Waals surface area contributed by atoms with Gasteiger partial charge in [-0.15, -0.1) is 0 Å². The molecule has 0 aromatic heterocycles. The van der Waals surface area contributed by atoms with Gasteiger partial charge in [0.05, 0.1) is 7.11 Å². The Balaban J connectivity index is 2.31. The minimum Gasteiger partial charge on any atom is -0.496 e. The van der Waals surface area contributed by atoms with Gasteiger partial charge in [-0.1, -0.05) is 42.5 Å². The zero-order chi connectivity index (χ0) is 16.3. The standard InChI is InChI=1S/C16H20N2O3S/c1-12(18(2)22(17,19)20)13-8-10-14(11-9-13)15-6-4-5-7-16(15)21-3/h4-12H,1-3H3,(H2,17,19,20). The molecular formula is C16H20N2O3S. The van der Waals surface area contributed by atoms with Crippen molar-refractivity contribution in [3.63, 3.8) is 0 Å². The first-order valence-corrected chi connectivity index (χ1v) is 8.34. The van der Waals surface area contributed by atoms with Crippen LogP contribution in [0, 0.1) is 0 Å². The largest absolute Gasteiger partial charge is 0.496 e. The molecule has 0 saturated heterocycles. The van der Waals surface area contributed by atoms with Gasteiger partial charge in [0.25, 0.3) is 10.2 Å². The van der Waals surface area contributed by atoms with Crippen LogP contribution in [-0.4, -0.2) is 26.9 Å². The molecule has 22 heavy (non-hydrogen) atoms. The van der Waals surface area contributed by atoms with Gasteiger partial charge in [0, 0.05) is 18.7 Å². The van der Waals surface area contributed by atoms with Gasteiger partial charge in [-0.25, -0.2) is 5.14 Å². The van der Waals surface area contributed by atoms with E-state index in [1.54, 1.807) is 14.0 Å². The molecule has 1 atom stereocenters. The van der Waals surface area contributed by atoms with E-state index < -0.39 is 10.2 Å². The number of hydrogen-bond acceptors (Lipinski definition) is 3. The van der Waals surface area contributed by atoms with E-state index in [4.69, 9.17) is 9.88 Å². The molecule has 2 aromatic rings. The van der Waals surface area contributed by atoms with Crippen LogP contribution in [0.5, 0.6) is 5.75 Å². The molecular weight excluding hydrogens is 300 g/mol. The predicted molar refractivity (Wildman–Crippen MR) is 87.7 cm³/mol. The highest BCUT2D eigenvalue weighted by atomic mass is 32.2. The fourth-order valence-corrected chi connectivity index (χ4v) is 2.82. The third kappa shape index (κ3) is 3.47. The molecule has 0 aliphatic heterocycles. The molecule has 118 valence electrons. The number of benzene rings is 2. The van der Waals surface area contributed by atoms with Crippen molar-refractivity contribution in [1.82, 2.24) is 4.31 Å². The Labute approximate surface area is 131 Å². The lowest BCUT2D eigenvalue weighted by atomic mass is 10.0. The number of ether oxygens (including phenoxy) is 1. The van der Waals surface area contributed by atoms with Crippen molar-refractivity contribution >= 4 is 10.2 Å². The van der Waals surface area contributed by atoms with Gasteiger partial charge in [-0.3, -0.25) is 0 Å². The second-order valence-corrected chi connectivity index (χ2v) is 6.67. The van der Waals surface area contributed by atoms with E-state index in [0.29, 0.717) is 0 Å². The lowest BCUT2D eigenvalue weighted by Gasteiger charge is -2.22. The maximum absolute atomic E-state index is 11.4. The normalized spacial score (nSPS) is 13.1. The van der Waals surface area contributed by atoms with E-state index in [2.05, 4.69) is 0 Å². The van der Waals surface area contributed by atoms with Gasteiger partial charge in [0.1, 0.15) is 5.75 Å². The number of rotatable bonds is 5. The molecule has 0 radical (unpaired) electrons. The summed E-state index contributed by atoms with van der Waals surface area (Å²) in [4.78, 5) is 0. The topological polar surface area (TPSA) is 72.6 Å². The molecule has 2 N–H and O–H groups in total. The van der Waals surface area contributed by atoms with Crippen LogP contribution in [0.3, 0.4) is 0 Å². The van der Waals surface area contributed by atoms with Crippen LogP contribution in [0.15, 0.2) is 48.5 Å². The highest BCUT2D eigenvalue weighted by Crippen LogP contribution is 2.31. The Morgan fingerprint density at radius 2 is 1.68 bits per heavy atom. The fraction of sp³-hybridized carbons (Fsp3) is 0.250. The van der Waals surface area contributed by atoms with Crippen molar-refractivity contribution in [3.8, 4) is 16.9 Å². The SMILES string of the molecule is COc1ccccc1-c1ccc(C(C)N(C)S(N)(=O)=O)cc1. The summed E-state index contributed by atoms with van der Waals surface area (Å²) in [5.74, 6) is 0.796.